The number of nitrogens with one attached hydrogen (secondary N) is 3. The van der Waals surface area contributed by atoms with Crippen LogP contribution >= 0.6 is 0 Å². The predicted octanol–water partition coefficient (Wildman–Crippen LogP) is 2.54. The van der Waals surface area contributed by atoms with Gasteiger partial charge in [-0.15, -0.1) is 0 Å². The van der Waals surface area contributed by atoms with Crippen molar-refractivity contribution in [2.45, 2.75) is 13.0 Å². The number of aromatic nitrogens is 1. The molecule has 25 heavy (non-hydrogen) atoms. The molecule has 5 rings (SSSR count). The zero-order chi connectivity index (χ0) is 17.1. The fourth-order valence-corrected chi connectivity index (χ4v) is 3.88. The lowest BCUT2D eigenvalue weighted by Crippen LogP contribution is -2.30. The second-order valence-corrected chi connectivity index (χ2v) is 6.44. The smallest absolute Gasteiger partial charge is 0.275 e. The number of fused-ring (bicyclic) bond motifs is 1. The van der Waals surface area contributed by atoms with Crippen LogP contribution in [0.5, 0.6) is 0 Å². The lowest BCUT2D eigenvalue weighted by molar-refractivity contribution is -0.123. The summed E-state index contributed by atoms with van der Waals surface area (Å²) in [6.45, 7) is 2.05. The van der Waals surface area contributed by atoms with Crippen LogP contribution in [-0.4, -0.2) is 16.8 Å². The van der Waals surface area contributed by atoms with Gasteiger partial charge >= 0.3 is 0 Å². The first kappa shape index (κ1) is 14.0. The van der Waals surface area contributed by atoms with E-state index in [0.29, 0.717) is 11.3 Å². The minimum absolute atomic E-state index is 0.205. The minimum Gasteiger partial charge on any atom is -0.369 e. The number of aromatic amines is 1. The summed E-state index contributed by atoms with van der Waals surface area (Å²) in [5.74, 6) is -0.727. The summed E-state index contributed by atoms with van der Waals surface area (Å²) in [5.41, 5.74) is 5.75. The Labute approximate surface area is 143 Å². The molecule has 1 atom stereocenters. The van der Waals surface area contributed by atoms with Gasteiger partial charge < -0.3 is 10.3 Å². The average molecular weight is 329 g/mol. The van der Waals surface area contributed by atoms with Crippen LogP contribution in [-0.2, 0) is 9.59 Å². The Kier molecular flexibility index (Phi) is 2.71. The minimum atomic E-state index is -0.374. The van der Waals surface area contributed by atoms with Crippen molar-refractivity contribution in [2.75, 3.05) is 0 Å². The summed E-state index contributed by atoms with van der Waals surface area (Å²) in [4.78, 5) is 28.0. The Balaban J connectivity index is 1.87. The molecule has 1 unspecified atom stereocenters. The van der Waals surface area contributed by atoms with Gasteiger partial charge in [0.15, 0.2) is 0 Å². The van der Waals surface area contributed by atoms with E-state index in [9.17, 15) is 9.59 Å². The average Bonchev–Trinajstić information content (AvgIpc) is 3.08. The van der Waals surface area contributed by atoms with Crippen LogP contribution < -0.4 is 10.6 Å². The number of hydrogen-bond donors (Lipinski definition) is 3. The van der Waals surface area contributed by atoms with Gasteiger partial charge in [-0.05, 0) is 29.7 Å². The number of amides is 2. The maximum atomic E-state index is 12.4. The van der Waals surface area contributed by atoms with Crippen molar-refractivity contribution in [1.82, 2.24) is 15.6 Å². The van der Waals surface area contributed by atoms with E-state index in [1.807, 2.05) is 36.5 Å². The third-order valence-electron chi connectivity index (χ3n) is 5.04. The first-order chi connectivity index (χ1) is 12.1. The number of aryl methyl sites for hydroxylation is 1. The molecular formula is C20H15N3O2. The van der Waals surface area contributed by atoms with Crippen molar-refractivity contribution >= 4 is 28.3 Å². The van der Waals surface area contributed by atoms with Gasteiger partial charge in [0.25, 0.3) is 11.8 Å². The summed E-state index contributed by atoms with van der Waals surface area (Å²) < 4.78 is 0. The molecule has 0 bridgehead atoms. The van der Waals surface area contributed by atoms with E-state index in [1.54, 1.807) is 0 Å². The van der Waals surface area contributed by atoms with E-state index in [2.05, 4.69) is 34.7 Å². The van der Waals surface area contributed by atoms with Crippen LogP contribution in [0.3, 0.4) is 0 Å². The molecule has 0 fully saturated rings. The number of H-pyrrole nitrogens is 1. The topological polar surface area (TPSA) is 74.0 Å². The molecule has 5 nitrogen and oxygen atoms in total. The first-order valence-corrected chi connectivity index (χ1v) is 8.17. The van der Waals surface area contributed by atoms with E-state index >= 15 is 0 Å². The van der Waals surface area contributed by atoms with Crippen molar-refractivity contribution in [1.29, 1.82) is 0 Å². The normalized spacial score (nSPS) is 18.8. The molecule has 5 heteroatoms. The highest BCUT2D eigenvalue weighted by Gasteiger charge is 2.37. The highest BCUT2D eigenvalue weighted by Crippen LogP contribution is 2.40. The fraction of sp³-hybridized carbons (Fsp3) is 0.100. The zero-order valence-electron chi connectivity index (χ0n) is 13.5. The number of imide groups is 1. The first-order valence-electron chi connectivity index (χ1n) is 8.17. The predicted molar refractivity (Wildman–Crippen MR) is 94.5 cm³/mol. The van der Waals surface area contributed by atoms with Crippen molar-refractivity contribution < 1.29 is 9.59 Å². The number of rotatable bonds is 1. The Morgan fingerprint density at radius 1 is 0.920 bits per heavy atom. The molecule has 0 saturated carbocycles. The van der Waals surface area contributed by atoms with E-state index in [-0.39, 0.29) is 17.9 Å². The summed E-state index contributed by atoms with van der Waals surface area (Å²) in [7, 11) is 0. The number of carbonyl (C=O) groups is 2. The third-order valence-corrected chi connectivity index (χ3v) is 5.04. The summed E-state index contributed by atoms with van der Waals surface area (Å²) >= 11 is 0. The van der Waals surface area contributed by atoms with Crippen molar-refractivity contribution in [2.24, 2.45) is 0 Å². The molecule has 2 aromatic carbocycles. The summed E-state index contributed by atoms with van der Waals surface area (Å²) in [6, 6.07) is 13.9. The van der Waals surface area contributed by atoms with Crippen molar-refractivity contribution in [3.8, 4) is 0 Å². The van der Waals surface area contributed by atoms with Crippen LogP contribution in [0.4, 0.5) is 0 Å². The van der Waals surface area contributed by atoms with Gasteiger partial charge in [-0.2, -0.15) is 0 Å². The molecule has 0 aliphatic carbocycles. The largest absolute Gasteiger partial charge is 0.369 e. The number of benzene rings is 2. The molecule has 2 amide bonds. The summed E-state index contributed by atoms with van der Waals surface area (Å²) in [6.07, 6.45) is 1.81. The Morgan fingerprint density at radius 3 is 2.56 bits per heavy atom. The van der Waals surface area contributed by atoms with Crippen molar-refractivity contribution in [3.05, 3.63) is 76.6 Å². The third kappa shape index (κ3) is 1.83. The molecule has 3 N–H and O–H groups in total. The van der Waals surface area contributed by atoms with E-state index in [1.165, 1.54) is 0 Å². The highest BCUT2D eigenvalue weighted by molar-refractivity contribution is 6.37. The van der Waals surface area contributed by atoms with Gasteiger partial charge in [-0.1, -0.05) is 36.4 Å². The van der Waals surface area contributed by atoms with Gasteiger partial charge in [-0.25, -0.2) is 0 Å². The SMILES string of the molecule is Cc1ccccc1C1NC2=C(C(=O)NC2=O)c2c[nH]c3cccc1c23. The van der Waals surface area contributed by atoms with Crippen LogP contribution in [0.2, 0.25) is 0 Å². The molecule has 3 heterocycles. The molecular weight excluding hydrogens is 314 g/mol. The van der Waals surface area contributed by atoms with E-state index in [4.69, 9.17) is 0 Å². The Hall–Kier alpha value is -3.34. The van der Waals surface area contributed by atoms with Gasteiger partial charge in [0.2, 0.25) is 0 Å². The second-order valence-electron chi connectivity index (χ2n) is 6.44. The maximum absolute atomic E-state index is 12.4. The monoisotopic (exact) mass is 329 g/mol. The summed E-state index contributed by atoms with van der Waals surface area (Å²) in [5, 5.41) is 6.73. The molecule has 1 aromatic heterocycles. The molecule has 3 aromatic rings. The number of carbonyl (C=O) groups excluding carboxylic acids is 2. The van der Waals surface area contributed by atoms with Gasteiger partial charge in [0.1, 0.15) is 5.70 Å². The van der Waals surface area contributed by atoms with Gasteiger partial charge in [0.05, 0.1) is 11.6 Å². The quantitative estimate of drug-likeness (QED) is 0.601. The maximum Gasteiger partial charge on any atom is 0.275 e. The Morgan fingerprint density at radius 2 is 1.72 bits per heavy atom. The van der Waals surface area contributed by atoms with Crippen LogP contribution in [0.1, 0.15) is 28.3 Å². The standard InChI is InChI=1S/C20H15N3O2/c1-10-5-2-3-6-11(10)17-12-7-4-8-14-15(12)13(9-21-14)16-18(22-17)20(25)23-19(16)24/h2-9,17,21-22H,1H3,(H,23,24,25). The molecule has 122 valence electrons. The van der Waals surface area contributed by atoms with E-state index < -0.39 is 0 Å². The van der Waals surface area contributed by atoms with Crippen LogP contribution in [0.15, 0.2) is 54.4 Å². The van der Waals surface area contributed by atoms with Crippen LogP contribution in [0.25, 0.3) is 16.5 Å². The highest BCUT2D eigenvalue weighted by atomic mass is 16.2. The molecule has 0 radical (unpaired) electrons. The lowest BCUT2D eigenvalue weighted by atomic mass is 9.92. The fourth-order valence-electron chi connectivity index (χ4n) is 3.88. The number of hydrogen-bond acceptors (Lipinski definition) is 3. The zero-order valence-corrected chi connectivity index (χ0v) is 13.5. The van der Waals surface area contributed by atoms with Gasteiger partial charge in [0, 0.05) is 22.7 Å². The van der Waals surface area contributed by atoms with Crippen molar-refractivity contribution in [3.63, 3.8) is 0 Å². The second kappa shape index (κ2) is 4.83. The Bertz CT molecular complexity index is 1110. The molecule has 2 aliphatic heterocycles. The lowest BCUT2D eigenvalue weighted by Gasteiger charge is -2.22. The van der Waals surface area contributed by atoms with Gasteiger partial charge in [-0.3, -0.25) is 14.9 Å². The molecule has 0 spiro atoms. The van der Waals surface area contributed by atoms with Crippen LogP contribution in [0, 0.1) is 6.92 Å². The van der Waals surface area contributed by atoms with E-state index in [0.717, 1.165) is 33.2 Å². The molecule has 2 aliphatic rings. The molecule has 0 saturated heterocycles.